The fourth-order valence-corrected chi connectivity index (χ4v) is 1.42. The molecule has 0 fully saturated rings. The Kier molecular flexibility index (Phi) is 4.59. The fourth-order valence-electron chi connectivity index (χ4n) is 1.16. The van der Waals surface area contributed by atoms with Gasteiger partial charge in [0, 0.05) is 25.2 Å². The number of amides is 2. The molecule has 0 aliphatic carbocycles. The van der Waals surface area contributed by atoms with Crippen molar-refractivity contribution < 1.29 is 9.59 Å². The van der Waals surface area contributed by atoms with E-state index in [2.05, 4.69) is 16.0 Å². The molecule has 0 bridgehead atoms. The van der Waals surface area contributed by atoms with E-state index in [9.17, 15) is 9.59 Å². The minimum atomic E-state index is -0.225. The Hall–Kier alpha value is -1.95. The van der Waals surface area contributed by atoms with Crippen LogP contribution in [0.5, 0.6) is 0 Å². The van der Waals surface area contributed by atoms with E-state index >= 15 is 0 Å². The van der Waals surface area contributed by atoms with Crippen molar-refractivity contribution in [3.63, 3.8) is 0 Å². The maximum absolute atomic E-state index is 10.8. The van der Waals surface area contributed by atoms with Crippen molar-refractivity contribution in [1.29, 1.82) is 0 Å². The second kappa shape index (κ2) is 5.95. The van der Waals surface area contributed by atoms with E-state index in [1.165, 1.54) is 13.8 Å². The molecule has 6 heteroatoms. The average molecular weight is 251 g/mol. The third-order valence-electron chi connectivity index (χ3n) is 1.75. The summed E-state index contributed by atoms with van der Waals surface area (Å²) < 4.78 is 0. The van der Waals surface area contributed by atoms with Gasteiger partial charge in [0.05, 0.1) is 0 Å². The topological polar surface area (TPSA) is 70.2 Å². The van der Waals surface area contributed by atoms with Crippen LogP contribution in [0.3, 0.4) is 0 Å². The van der Waals surface area contributed by atoms with Crippen molar-refractivity contribution in [2.24, 2.45) is 0 Å². The summed E-state index contributed by atoms with van der Waals surface area (Å²) in [4.78, 5) is 21.5. The number of nitrogens with one attached hydrogen (secondary N) is 3. The van der Waals surface area contributed by atoms with E-state index in [1.54, 1.807) is 24.3 Å². The lowest BCUT2D eigenvalue weighted by Gasteiger charge is -2.08. The van der Waals surface area contributed by atoms with Gasteiger partial charge in [-0.3, -0.25) is 9.59 Å². The predicted octanol–water partition coefficient (Wildman–Crippen LogP) is 1.48. The summed E-state index contributed by atoms with van der Waals surface area (Å²) >= 11 is 4.90. The third kappa shape index (κ3) is 5.07. The lowest BCUT2D eigenvalue weighted by atomic mass is 10.3. The van der Waals surface area contributed by atoms with Gasteiger partial charge in [-0.05, 0) is 36.5 Å². The van der Waals surface area contributed by atoms with Gasteiger partial charge in [-0.1, -0.05) is 0 Å². The van der Waals surface area contributed by atoms with Crippen LogP contribution in [-0.2, 0) is 9.59 Å². The largest absolute Gasteiger partial charge is 0.332 e. The van der Waals surface area contributed by atoms with Gasteiger partial charge < -0.3 is 16.0 Å². The van der Waals surface area contributed by atoms with Gasteiger partial charge in [-0.25, -0.2) is 0 Å². The van der Waals surface area contributed by atoms with Gasteiger partial charge >= 0.3 is 0 Å². The van der Waals surface area contributed by atoms with Crippen molar-refractivity contribution in [3.8, 4) is 0 Å². The van der Waals surface area contributed by atoms with Gasteiger partial charge in [0.2, 0.25) is 11.8 Å². The van der Waals surface area contributed by atoms with Crippen LogP contribution >= 0.6 is 12.2 Å². The molecule has 1 rings (SSSR count). The van der Waals surface area contributed by atoms with Crippen LogP contribution in [0.25, 0.3) is 0 Å². The normalized spacial score (nSPS) is 9.29. The van der Waals surface area contributed by atoms with Crippen LogP contribution in [0.2, 0.25) is 0 Å². The molecule has 17 heavy (non-hydrogen) atoms. The van der Waals surface area contributed by atoms with Crippen molar-refractivity contribution in [2.45, 2.75) is 13.8 Å². The summed E-state index contributed by atoms with van der Waals surface area (Å²) in [7, 11) is 0. The van der Waals surface area contributed by atoms with E-state index in [-0.39, 0.29) is 16.9 Å². The number of carbonyl (C=O) groups excluding carboxylic acids is 2. The zero-order chi connectivity index (χ0) is 12.8. The third-order valence-corrected chi connectivity index (χ3v) is 1.96. The Bertz CT molecular complexity index is 443. The number of hydrogen-bond acceptors (Lipinski definition) is 3. The molecule has 0 saturated heterocycles. The van der Waals surface area contributed by atoms with Crippen LogP contribution in [-0.4, -0.2) is 16.9 Å². The maximum atomic E-state index is 10.8. The molecule has 0 saturated carbocycles. The Labute approximate surface area is 105 Å². The Morgan fingerprint density at radius 1 is 0.941 bits per heavy atom. The molecule has 0 spiro atoms. The van der Waals surface area contributed by atoms with Gasteiger partial charge in [0.25, 0.3) is 0 Å². The first-order valence-corrected chi connectivity index (χ1v) is 5.34. The minimum Gasteiger partial charge on any atom is -0.332 e. The maximum Gasteiger partial charge on any atom is 0.222 e. The molecular formula is C11H13N3O2S. The minimum absolute atomic E-state index is 0.125. The van der Waals surface area contributed by atoms with Crippen LogP contribution in [0, 0.1) is 0 Å². The van der Waals surface area contributed by atoms with E-state index in [1.807, 2.05) is 0 Å². The summed E-state index contributed by atoms with van der Waals surface area (Å²) in [6.45, 7) is 2.83. The second-order valence-electron chi connectivity index (χ2n) is 3.39. The molecule has 90 valence electrons. The van der Waals surface area contributed by atoms with Crippen molar-refractivity contribution in [1.82, 2.24) is 5.32 Å². The second-order valence-corrected chi connectivity index (χ2v) is 3.80. The zero-order valence-corrected chi connectivity index (χ0v) is 10.4. The molecule has 1 aromatic carbocycles. The number of benzene rings is 1. The number of anilines is 2. The van der Waals surface area contributed by atoms with Crippen molar-refractivity contribution in [3.05, 3.63) is 24.3 Å². The Balaban J connectivity index is 2.59. The highest BCUT2D eigenvalue weighted by atomic mass is 32.1. The molecule has 1 aromatic rings. The van der Waals surface area contributed by atoms with Gasteiger partial charge in [0.1, 0.15) is 0 Å². The summed E-state index contributed by atoms with van der Waals surface area (Å²) in [6, 6.07) is 6.97. The lowest BCUT2D eigenvalue weighted by Crippen LogP contribution is -2.32. The zero-order valence-electron chi connectivity index (χ0n) is 9.53. The molecule has 0 aliphatic rings. The predicted molar refractivity (Wildman–Crippen MR) is 70.8 cm³/mol. The molecule has 0 unspecified atom stereocenters. The number of thiocarbonyl (C=S) groups is 1. The average Bonchev–Trinajstić information content (AvgIpc) is 2.18. The van der Waals surface area contributed by atoms with Crippen molar-refractivity contribution in [2.75, 3.05) is 10.6 Å². The molecule has 5 nitrogen and oxygen atoms in total. The monoisotopic (exact) mass is 251 g/mol. The van der Waals surface area contributed by atoms with Crippen LogP contribution in [0.4, 0.5) is 11.4 Å². The molecule has 0 atom stereocenters. The summed E-state index contributed by atoms with van der Waals surface area (Å²) in [6.07, 6.45) is 0. The van der Waals surface area contributed by atoms with Crippen LogP contribution in [0.15, 0.2) is 24.3 Å². The lowest BCUT2D eigenvalue weighted by molar-refractivity contribution is -0.117. The highest BCUT2D eigenvalue weighted by Gasteiger charge is 2.00. The quantitative estimate of drug-likeness (QED) is 0.696. The van der Waals surface area contributed by atoms with Crippen molar-refractivity contribution >= 4 is 40.5 Å². The van der Waals surface area contributed by atoms with Gasteiger partial charge in [0.15, 0.2) is 5.11 Å². The van der Waals surface area contributed by atoms with E-state index in [4.69, 9.17) is 12.2 Å². The number of hydrogen-bond donors (Lipinski definition) is 3. The molecule has 3 N–H and O–H groups in total. The number of rotatable bonds is 2. The molecule has 0 radical (unpaired) electrons. The van der Waals surface area contributed by atoms with Crippen LogP contribution in [0.1, 0.15) is 13.8 Å². The first kappa shape index (κ1) is 13.1. The van der Waals surface area contributed by atoms with Gasteiger partial charge in [-0.2, -0.15) is 0 Å². The number of carbonyl (C=O) groups is 2. The Morgan fingerprint density at radius 2 is 1.41 bits per heavy atom. The summed E-state index contributed by atoms with van der Waals surface area (Å²) in [5, 5.41) is 8.18. The van der Waals surface area contributed by atoms with E-state index in [0.717, 1.165) is 5.69 Å². The highest BCUT2D eigenvalue weighted by Crippen LogP contribution is 2.13. The summed E-state index contributed by atoms with van der Waals surface area (Å²) in [5.74, 6) is -0.350. The van der Waals surface area contributed by atoms with Gasteiger partial charge in [-0.15, -0.1) is 0 Å². The van der Waals surface area contributed by atoms with Crippen LogP contribution < -0.4 is 16.0 Å². The first-order chi connectivity index (χ1) is 7.97. The first-order valence-electron chi connectivity index (χ1n) is 4.93. The van der Waals surface area contributed by atoms with E-state index < -0.39 is 0 Å². The SMILES string of the molecule is CC(=O)NC(=S)Nc1ccc(NC(C)=O)cc1. The van der Waals surface area contributed by atoms with E-state index in [0.29, 0.717) is 5.69 Å². The highest BCUT2D eigenvalue weighted by molar-refractivity contribution is 7.80. The molecule has 0 aromatic heterocycles. The smallest absolute Gasteiger partial charge is 0.222 e. The molecule has 0 heterocycles. The standard InChI is InChI=1S/C11H13N3O2S/c1-7(15)12-9-3-5-10(6-4-9)14-11(17)13-8(2)16/h3-6H,1-2H3,(H,12,15)(H2,13,14,16,17). The molecule has 0 aliphatic heterocycles. The molecule has 2 amide bonds. The summed E-state index contributed by atoms with van der Waals surface area (Å²) in [5.41, 5.74) is 1.44. The fraction of sp³-hybridized carbons (Fsp3) is 0.182. The molecular weight excluding hydrogens is 238 g/mol. The Morgan fingerprint density at radius 3 is 1.82 bits per heavy atom.